The van der Waals surface area contributed by atoms with Gasteiger partial charge in [-0.2, -0.15) is 8.42 Å². The Morgan fingerprint density at radius 2 is 1.37 bits per heavy atom. The largest absolute Gasteiger partial charge is 0.379 e. The molecular weight excluding hydrogens is 566 g/mol. The molecule has 38 heavy (non-hydrogen) atoms. The molecule has 3 aliphatic rings. The molecule has 8 heteroatoms. The third-order valence-corrected chi connectivity index (χ3v) is 9.44. The summed E-state index contributed by atoms with van der Waals surface area (Å²) in [6.45, 7) is 8.32. The van der Waals surface area contributed by atoms with E-state index in [1.165, 1.54) is 12.1 Å². The topological polar surface area (TPSA) is 80.8 Å². The molecule has 200 valence electrons. The first kappa shape index (κ1) is 26.9. The number of nitrogens with zero attached hydrogens (tertiary/aromatic N) is 1. The van der Waals surface area contributed by atoms with Gasteiger partial charge in [-0.15, -0.1) is 0 Å². The number of hydrogen-bond acceptors (Lipinski definition) is 6. The normalized spacial score (nSPS) is 21.4. The Morgan fingerprint density at radius 3 is 1.89 bits per heavy atom. The fraction of sp³-hybridized carbons (Fsp3) is 0.400. The van der Waals surface area contributed by atoms with Crippen LogP contribution >= 0.6 is 15.9 Å². The van der Waals surface area contributed by atoms with Crippen LogP contribution in [0.25, 0.3) is 0 Å². The highest BCUT2D eigenvalue weighted by Crippen LogP contribution is 2.55. The molecule has 0 atom stereocenters. The molecule has 0 spiro atoms. The zero-order chi connectivity index (χ0) is 27.6. The minimum atomic E-state index is -4.15. The number of benzene rings is 2. The molecule has 2 aliphatic carbocycles. The van der Waals surface area contributed by atoms with Gasteiger partial charge in [0, 0.05) is 58.4 Å². The highest BCUT2D eigenvalue weighted by atomic mass is 79.9. The molecule has 0 saturated carbocycles. The van der Waals surface area contributed by atoms with Crippen LogP contribution in [-0.2, 0) is 19.7 Å². The van der Waals surface area contributed by atoms with E-state index in [4.69, 9.17) is 4.18 Å². The van der Waals surface area contributed by atoms with Crippen LogP contribution in [0.3, 0.4) is 0 Å². The molecule has 5 rings (SSSR count). The van der Waals surface area contributed by atoms with Gasteiger partial charge >= 0.3 is 10.1 Å². The predicted octanol–water partition coefficient (Wildman–Crippen LogP) is 6.53. The molecule has 0 fully saturated rings. The maximum Gasteiger partial charge on any atom is 0.339 e. The Labute approximate surface area is 233 Å². The van der Waals surface area contributed by atoms with E-state index in [-0.39, 0.29) is 33.0 Å². The monoisotopic (exact) mass is 597 g/mol. The van der Waals surface area contributed by atoms with Gasteiger partial charge < -0.3 is 9.08 Å². The molecule has 6 nitrogen and oxygen atoms in total. The van der Waals surface area contributed by atoms with Crippen molar-refractivity contribution in [1.82, 2.24) is 4.90 Å². The van der Waals surface area contributed by atoms with Crippen molar-refractivity contribution in [2.45, 2.75) is 64.2 Å². The van der Waals surface area contributed by atoms with E-state index < -0.39 is 16.0 Å². The number of rotatable bonds is 4. The molecular formula is C30H32BrNO5S. The van der Waals surface area contributed by atoms with Gasteiger partial charge in [0.05, 0.1) is 0 Å². The Kier molecular flexibility index (Phi) is 6.50. The Hall–Kier alpha value is -2.71. The van der Waals surface area contributed by atoms with Crippen molar-refractivity contribution in [2.75, 3.05) is 7.05 Å². The first-order valence-corrected chi connectivity index (χ1v) is 14.9. The summed E-state index contributed by atoms with van der Waals surface area (Å²) in [6.07, 6.45) is 2.06. The highest BCUT2D eigenvalue weighted by Gasteiger charge is 2.49. The van der Waals surface area contributed by atoms with Gasteiger partial charge in [0.2, 0.25) is 0 Å². The second kappa shape index (κ2) is 9.19. The zero-order valence-electron chi connectivity index (χ0n) is 22.3. The molecule has 0 bridgehead atoms. The molecule has 1 heterocycles. The number of Topliss-reactive ketones (excluding diaryl/α,β-unsaturated/α-hetero) is 2. The van der Waals surface area contributed by atoms with E-state index in [2.05, 4.69) is 48.5 Å². The van der Waals surface area contributed by atoms with Crippen molar-refractivity contribution in [3.63, 3.8) is 0 Å². The van der Waals surface area contributed by atoms with Gasteiger partial charge in [-0.1, -0.05) is 61.8 Å². The van der Waals surface area contributed by atoms with Crippen LogP contribution in [0.1, 0.15) is 64.9 Å². The predicted molar refractivity (Wildman–Crippen MR) is 149 cm³/mol. The van der Waals surface area contributed by atoms with E-state index in [1.54, 1.807) is 36.4 Å². The van der Waals surface area contributed by atoms with Gasteiger partial charge in [-0.3, -0.25) is 9.59 Å². The van der Waals surface area contributed by atoms with Crippen molar-refractivity contribution in [2.24, 2.45) is 10.8 Å². The number of halogens is 1. The lowest BCUT2D eigenvalue weighted by Gasteiger charge is -2.48. The maximum absolute atomic E-state index is 13.8. The quantitative estimate of drug-likeness (QED) is 0.373. The van der Waals surface area contributed by atoms with Gasteiger partial charge in [0.25, 0.3) is 0 Å². The van der Waals surface area contributed by atoms with Crippen molar-refractivity contribution < 1.29 is 22.2 Å². The first-order chi connectivity index (χ1) is 17.7. The molecule has 2 aromatic rings. The summed E-state index contributed by atoms with van der Waals surface area (Å²) in [5, 5.41) is 0. The smallest absolute Gasteiger partial charge is 0.339 e. The van der Waals surface area contributed by atoms with E-state index in [1.807, 2.05) is 7.05 Å². The van der Waals surface area contributed by atoms with Crippen LogP contribution in [0.15, 0.2) is 80.4 Å². The molecule has 2 aromatic carbocycles. The summed E-state index contributed by atoms with van der Waals surface area (Å²) in [4.78, 5) is 29.7. The Bertz CT molecular complexity index is 1460. The van der Waals surface area contributed by atoms with Crippen LogP contribution in [0, 0.1) is 10.8 Å². The second-order valence-corrected chi connectivity index (χ2v) is 14.6. The molecule has 0 saturated heterocycles. The number of hydrogen-bond donors (Lipinski definition) is 0. The summed E-state index contributed by atoms with van der Waals surface area (Å²) in [7, 11) is -2.20. The molecule has 0 aromatic heterocycles. The van der Waals surface area contributed by atoms with Crippen molar-refractivity contribution >= 4 is 37.6 Å². The van der Waals surface area contributed by atoms with Crippen molar-refractivity contribution in [1.29, 1.82) is 0 Å². The lowest BCUT2D eigenvalue weighted by Crippen LogP contribution is -2.43. The van der Waals surface area contributed by atoms with E-state index >= 15 is 0 Å². The van der Waals surface area contributed by atoms with Gasteiger partial charge in [0.1, 0.15) is 10.6 Å². The minimum absolute atomic E-state index is 0.0193. The lowest BCUT2D eigenvalue weighted by molar-refractivity contribution is -0.119. The summed E-state index contributed by atoms with van der Waals surface area (Å²) in [6, 6.07) is 13.0. The molecule has 0 N–H and O–H groups in total. The van der Waals surface area contributed by atoms with Crippen LogP contribution in [0.2, 0.25) is 0 Å². The van der Waals surface area contributed by atoms with Crippen LogP contribution in [0.4, 0.5) is 0 Å². The van der Waals surface area contributed by atoms with Gasteiger partial charge in [-0.05, 0) is 54.0 Å². The minimum Gasteiger partial charge on any atom is -0.379 e. The third-order valence-electron chi connectivity index (χ3n) is 7.69. The molecule has 0 unspecified atom stereocenters. The molecule has 0 radical (unpaired) electrons. The first-order valence-electron chi connectivity index (χ1n) is 12.7. The maximum atomic E-state index is 13.8. The highest BCUT2D eigenvalue weighted by molar-refractivity contribution is 9.10. The standard InChI is InChI=1S/C30H32BrNO5S/c1-29(2)14-21-27(23(33)16-29)26(28-22(32(21)5)15-30(3,4)17-24(28)34)20-13-18(31)11-12-25(20)37-38(35,36)19-9-7-6-8-10-19/h6-13,26H,14-17H2,1-5H3. The molecule has 1 aliphatic heterocycles. The second-order valence-electron chi connectivity index (χ2n) is 12.1. The fourth-order valence-electron chi connectivity index (χ4n) is 6.05. The summed E-state index contributed by atoms with van der Waals surface area (Å²) < 4.78 is 32.9. The number of ketones is 2. The lowest BCUT2D eigenvalue weighted by atomic mass is 9.63. The van der Waals surface area contributed by atoms with Gasteiger partial charge in [0.15, 0.2) is 11.6 Å². The average molecular weight is 599 g/mol. The van der Waals surface area contributed by atoms with Crippen molar-refractivity contribution in [3.05, 3.63) is 81.1 Å². The number of allylic oxidation sites excluding steroid dienone is 4. The summed E-state index contributed by atoms with van der Waals surface area (Å²) in [5.74, 6) is -0.634. The zero-order valence-corrected chi connectivity index (χ0v) is 24.7. The number of carbonyl (C=O) groups excluding carboxylic acids is 2. The van der Waals surface area contributed by atoms with Gasteiger partial charge in [-0.25, -0.2) is 0 Å². The third kappa shape index (κ3) is 4.77. The van der Waals surface area contributed by atoms with Crippen LogP contribution in [-0.4, -0.2) is 31.9 Å². The van der Waals surface area contributed by atoms with Crippen molar-refractivity contribution in [3.8, 4) is 5.75 Å². The Morgan fingerprint density at radius 1 is 0.842 bits per heavy atom. The SMILES string of the molecule is CN1C2=C(C(=O)CC(C)(C)C2)C(c2cc(Br)ccc2OS(=O)(=O)c2ccccc2)C2=C1CC(C)(C)CC2=O. The van der Waals surface area contributed by atoms with Crippen LogP contribution in [0.5, 0.6) is 5.75 Å². The van der Waals surface area contributed by atoms with Crippen LogP contribution < -0.4 is 4.18 Å². The van der Waals surface area contributed by atoms with E-state index in [0.29, 0.717) is 46.9 Å². The average Bonchev–Trinajstić information content (AvgIpc) is 2.81. The Balaban J connectivity index is 1.74. The summed E-state index contributed by atoms with van der Waals surface area (Å²) >= 11 is 3.52. The van der Waals surface area contributed by atoms with E-state index in [0.717, 1.165) is 11.4 Å². The van der Waals surface area contributed by atoms with E-state index in [9.17, 15) is 18.0 Å². The molecule has 0 amide bonds. The number of carbonyl (C=O) groups is 2. The fourth-order valence-corrected chi connectivity index (χ4v) is 7.40. The summed E-state index contributed by atoms with van der Waals surface area (Å²) in [5.41, 5.74) is 2.97.